The van der Waals surface area contributed by atoms with Crippen LogP contribution < -0.4 is 5.32 Å². The van der Waals surface area contributed by atoms with E-state index in [4.69, 9.17) is 9.47 Å². The lowest BCUT2D eigenvalue weighted by Crippen LogP contribution is -2.51. The van der Waals surface area contributed by atoms with Crippen molar-refractivity contribution in [2.24, 2.45) is 0 Å². The van der Waals surface area contributed by atoms with Crippen LogP contribution in [0.1, 0.15) is 51.4 Å². The third-order valence-electron chi connectivity index (χ3n) is 5.15. The van der Waals surface area contributed by atoms with Gasteiger partial charge < -0.3 is 19.9 Å². The highest BCUT2D eigenvalue weighted by molar-refractivity contribution is 4.94. The molecule has 3 aliphatic rings. The summed E-state index contributed by atoms with van der Waals surface area (Å²) < 4.78 is 11.4. The van der Waals surface area contributed by atoms with Gasteiger partial charge in [0, 0.05) is 45.2 Å². The van der Waals surface area contributed by atoms with Crippen molar-refractivity contribution in [2.75, 3.05) is 26.4 Å². The molecule has 1 saturated carbocycles. The molecule has 2 N–H and O–H groups in total. The molecule has 1 spiro atoms. The first-order valence-electron chi connectivity index (χ1n) is 7.87. The van der Waals surface area contributed by atoms with Crippen molar-refractivity contribution in [3.8, 4) is 0 Å². The molecule has 2 heterocycles. The average Bonchev–Trinajstić information content (AvgIpc) is 2.86. The molecule has 1 aliphatic carbocycles. The summed E-state index contributed by atoms with van der Waals surface area (Å²) in [6, 6.07) is 0.513. The van der Waals surface area contributed by atoms with E-state index >= 15 is 0 Å². The first-order chi connectivity index (χ1) is 9.20. The summed E-state index contributed by atoms with van der Waals surface area (Å²) in [6.45, 7) is 2.96. The predicted molar refractivity (Wildman–Crippen MR) is 73.2 cm³/mol. The van der Waals surface area contributed by atoms with E-state index in [1.54, 1.807) is 0 Å². The van der Waals surface area contributed by atoms with E-state index in [0.29, 0.717) is 25.8 Å². The fourth-order valence-electron chi connectivity index (χ4n) is 3.83. The van der Waals surface area contributed by atoms with Crippen molar-refractivity contribution in [1.29, 1.82) is 0 Å². The van der Waals surface area contributed by atoms with E-state index in [-0.39, 0.29) is 5.60 Å². The van der Waals surface area contributed by atoms with E-state index < -0.39 is 5.60 Å². The van der Waals surface area contributed by atoms with E-state index in [1.165, 1.54) is 25.7 Å². The van der Waals surface area contributed by atoms with Crippen LogP contribution in [0, 0.1) is 0 Å². The van der Waals surface area contributed by atoms with Gasteiger partial charge in [0.15, 0.2) is 0 Å². The van der Waals surface area contributed by atoms with Crippen molar-refractivity contribution < 1.29 is 14.6 Å². The molecule has 3 rings (SSSR count). The second-order valence-electron chi connectivity index (χ2n) is 6.65. The Balaban J connectivity index is 1.49. The van der Waals surface area contributed by atoms with Gasteiger partial charge in [-0.2, -0.15) is 0 Å². The van der Waals surface area contributed by atoms with Crippen LogP contribution in [-0.2, 0) is 9.47 Å². The summed E-state index contributed by atoms with van der Waals surface area (Å²) in [6.07, 6.45) is 8.80. The van der Waals surface area contributed by atoms with Crippen molar-refractivity contribution in [1.82, 2.24) is 5.32 Å². The molecule has 2 aliphatic heterocycles. The number of hydrogen-bond donors (Lipinski definition) is 2. The molecule has 4 heteroatoms. The summed E-state index contributed by atoms with van der Waals surface area (Å²) in [7, 11) is 0. The maximum absolute atomic E-state index is 10.5. The van der Waals surface area contributed by atoms with Gasteiger partial charge in [-0.15, -0.1) is 0 Å². The fraction of sp³-hybridized carbons (Fsp3) is 1.00. The van der Waals surface area contributed by atoms with Gasteiger partial charge in [-0.05, 0) is 25.7 Å². The lowest BCUT2D eigenvalue weighted by Gasteiger charge is -2.40. The SMILES string of the molecule is OC1(CNC2CCOC3(CCCC3)C2)CCOCC1. The van der Waals surface area contributed by atoms with Crippen LogP contribution in [0.5, 0.6) is 0 Å². The van der Waals surface area contributed by atoms with Crippen LogP contribution in [0.2, 0.25) is 0 Å². The Bertz CT molecular complexity index is 296. The Morgan fingerprint density at radius 2 is 1.79 bits per heavy atom. The first kappa shape index (κ1) is 13.8. The Kier molecular flexibility index (Phi) is 4.13. The molecular weight excluding hydrogens is 242 g/mol. The van der Waals surface area contributed by atoms with Crippen molar-refractivity contribution >= 4 is 0 Å². The van der Waals surface area contributed by atoms with Crippen molar-refractivity contribution in [3.05, 3.63) is 0 Å². The maximum Gasteiger partial charge on any atom is 0.0815 e. The monoisotopic (exact) mass is 269 g/mol. The van der Waals surface area contributed by atoms with Gasteiger partial charge in [-0.1, -0.05) is 12.8 Å². The van der Waals surface area contributed by atoms with Gasteiger partial charge in [0.05, 0.1) is 11.2 Å². The molecule has 110 valence electrons. The number of nitrogens with one attached hydrogen (secondary N) is 1. The third-order valence-corrected chi connectivity index (χ3v) is 5.15. The van der Waals surface area contributed by atoms with E-state index in [9.17, 15) is 5.11 Å². The van der Waals surface area contributed by atoms with E-state index in [1.807, 2.05) is 0 Å². The van der Waals surface area contributed by atoms with Crippen molar-refractivity contribution in [2.45, 2.75) is 68.6 Å². The predicted octanol–water partition coefficient (Wildman–Crippen LogP) is 1.61. The van der Waals surface area contributed by atoms with Crippen molar-refractivity contribution in [3.63, 3.8) is 0 Å². The average molecular weight is 269 g/mol. The van der Waals surface area contributed by atoms with Gasteiger partial charge in [0.1, 0.15) is 0 Å². The molecule has 3 fully saturated rings. The second kappa shape index (κ2) is 5.68. The first-order valence-corrected chi connectivity index (χ1v) is 7.87. The zero-order chi connectivity index (χ0) is 13.2. The summed E-state index contributed by atoms with van der Waals surface area (Å²) in [5.74, 6) is 0. The summed E-state index contributed by atoms with van der Waals surface area (Å²) in [5, 5.41) is 14.1. The lowest BCUT2D eigenvalue weighted by atomic mass is 9.88. The van der Waals surface area contributed by atoms with E-state index in [0.717, 1.165) is 32.3 Å². The fourth-order valence-corrected chi connectivity index (χ4v) is 3.83. The van der Waals surface area contributed by atoms with Gasteiger partial charge in [-0.3, -0.25) is 0 Å². The Morgan fingerprint density at radius 1 is 1.05 bits per heavy atom. The molecule has 1 unspecified atom stereocenters. The Labute approximate surface area is 115 Å². The molecule has 19 heavy (non-hydrogen) atoms. The minimum Gasteiger partial charge on any atom is -0.388 e. The molecule has 1 atom stereocenters. The summed E-state index contributed by atoms with van der Waals surface area (Å²) >= 11 is 0. The molecular formula is C15H27NO3. The zero-order valence-corrected chi connectivity index (χ0v) is 11.8. The number of rotatable bonds is 3. The Hall–Kier alpha value is -0.160. The van der Waals surface area contributed by atoms with Gasteiger partial charge in [0.2, 0.25) is 0 Å². The lowest BCUT2D eigenvalue weighted by molar-refractivity contribution is -0.0923. The molecule has 0 bridgehead atoms. The molecule has 0 aromatic heterocycles. The van der Waals surface area contributed by atoms with Gasteiger partial charge >= 0.3 is 0 Å². The summed E-state index contributed by atoms with van der Waals surface area (Å²) in [4.78, 5) is 0. The second-order valence-corrected chi connectivity index (χ2v) is 6.65. The van der Waals surface area contributed by atoms with Crippen LogP contribution in [-0.4, -0.2) is 48.7 Å². The topological polar surface area (TPSA) is 50.7 Å². The Morgan fingerprint density at radius 3 is 2.53 bits per heavy atom. The smallest absolute Gasteiger partial charge is 0.0815 e. The van der Waals surface area contributed by atoms with Crippen LogP contribution in [0.3, 0.4) is 0 Å². The van der Waals surface area contributed by atoms with Gasteiger partial charge in [0.25, 0.3) is 0 Å². The highest BCUT2D eigenvalue weighted by Crippen LogP contribution is 2.40. The van der Waals surface area contributed by atoms with Crippen LogP contribution in [0.4, 0.5) is 0 Å². The minimum atomic E-state index is -0.556. The number of hydrogen-bond acceptors (Lipinski definition) is 4. The minimum absolute atomic E-state index is 0.161. The van der Waals surface area contributed by atoms with Crippen LogP contribution >= 0.6 is 0 Å². The molecule has 0 aromatic carbocycles. The maximum atomic E-state index is 10.5. The number of aliphatic hydroxyl groups is 1. The molecule has 0 amide bonds. The van der Waals surface area contributed by atoms with Crippen LogP contribution in [0.25, 0.3) is 0 Å². The normalized spacial score (nSPS) is 33.6. The summed E-state index contributed by atoms with van der Waals surface area (Å²) in [5.41, 5.74) is -0.395. The largest absolute Gasteiger partial charge is 0.388 e. The molecule has 0 radical (unpaired) electrons. The number of ether oxygens (including phenoxy) is 2. The standard InChI is InChI=1S/C15H27NO3/c17-14(6-9-18-10-7-14)12-16-13-3-8-19-15(11-13)4-1-2-5-15/h13,16-17H,1-12H2. The molecule has 4 nitrogen and oxygen atoms in total. The van der Waals surface area contributed by atoms with E-state index in [2.05, 4.69) is 5.32 Å². The molecule has 2 saturated heterocycles. The zero-order valence-electron chi connectivity index (χ0n) is 11.8. The van der Waals surface area contributed by atoms with Crippen LogP contribution in [0.15, 0.2) is 0 Å². The highest BCUT2D eigenvalue weighted by Gasteiger charge is 2.40. The quantitative estimate of drug-likeness (QED) is 0.817. The highest BCUT2D eigenvalue weighted by atomic mass is 16.5. The molecule has 0 aromatic rings. The third kappa shape index (κ3) is 3.30. The van der Waals surface area contributed by atoms with Gasteiger partial charge in [-0.25, -0.2) is 0 Å².